The van der Waals surface area contributed by atoms with Crippen molar-refractivity contribution in [3.8, 4) is 0 Å². The van der Waals surface area contributed by atoms with Gasteiger partial charge >= 0.3 is 0 Å². The molecule has 3 rings (SSSR count). The summed E-state index contributed by atoms with van der Waals surface area (Å²) >= 11 is 7.31. The lowest BCUT2D eigenvalue weighted by atomic mass is 9.81. The maximum Gasteiger partial charge on any atom is 0.270 e. The lowest BCUT2D eigenvalue weighted by Crippen LogP contribution is -2.44. The zero-order valence-corrected chi connectivity index (χ0v) is 16.6. The van der Waals surface area contributed by atoms with Gasteiger partial charge in [0.05, 0.1) is 0 Å². The number of nitrogen functional groups attached to an aromatic ring is 1. The van der Waals surface area contributed by atoms with E-state index in [0.29, 0.717) is 22.4 Å². The average Bonchev–Trinajstić information content (AvgIpc) is 2.63. The van der Waals surface area contributed by atoms with Gasteiger partial charge in [0.1, 0.15) is 10.7 Å². The first-order valence-corrected chi connectivity index (χ1v) is 9.77. The van der Waals surface area contributed by atoms with Gasteiger partial charge in [-0.3, -0.25) is 9.36 Å². The molecule has 140 valence electrons. The SMILES string of the molecule is Cn1c(N2CCC(C)(CN)CC2)nc(N)c(Sc2cccc(Cl)c2)c1=O. The molecule has 2 aromatic rings. The molecule has 1 saturated heterocycles. The van der Waals surface area contributed by atoms with Crippen LogP contribution in [0.4, 0.5) is 11.8 Å². The highest BCUT2D eigenvalue weighted by atomic mass is 35.5. The van der Waals surface area contributed by atoms with Gasteiger partial charge < -0.3 is 16.4 Å². The van der Waals surface area contributed by atoms with Crippen LogP contribution in [0.1, 0.15) is 19.8 Å². The first-order chi connectivity index (χ1) is 12.3. The molecule has 26 heavy (non-hydrogen) atoms. The Morgan fingerprint density at radius 3 is 2.65 bits per heavy atom. The molecule has 4 N–H and O–H groups in total. The van der Waals surface area contributed by atoms with Crippen LogP contribution < -0.4 is 21.9 Å². The molecule has 2 heterocycles. The van der Waals surface area contributed by atoms with Crippen LogP contribution in [0.3, 0.4) is 0 Å². The molecule has 0 bridgehead atoms. The number of piperidine rings is 1. The largest absolute Gasteiger partial charge is 0.382 e. The number of aromatic nitrogens is 2. The summed E-state index contributed by atoms with van der Waals surface area (Å²) in [6, 6.07) is 7.33. The van der Waals surface area contributed by atoms with Crippen LogP contribution in [0, 0.1) is 5.41 Å². The summed E-state index contributed by atoms with van der Waals surface area (Å²) in [5.41, 5.74) is 12.0. The Balaban J connectivity index is 1.88. The van der Waals surface area contributed by atoms with E-state index in [1.54, 1.807) is 23.7 Å². The summed E-state index contributed by atoms with van der Waals surface area (Å²) in [7, 11) is 1.74. The molecular formula is C18H24ClN5OS. The molecule has 0 unspecified atom stereocenters. The Labute approximate surface area is 162 Å². The number of nitrogens with zero attached hydrogens (tertiary/aromatic N) is 3. The number of halogens is 1. The molecule has 6 nitrogen and oxygen atoms in total. The van der Waals surface area contributed by atoms with E-state index in [1.807, 2.05) is 12.1 Å². The van der Waals surface area contributed by atoms with E-state index in [9.17, 15) is 4.79 Å². The molecule has 0 atom stereocenters. The van der Waals surface area contributed by atoms with E-state index in [2.05, 4.69) is 16.8 Å². The fourth-order valence-electron chi connectivity index (χ4n) is 3.06. The minimum absolute atomic E-state index is 0.148. The van der Waals surface area contributed by atoms with Gasteiger partial charge in [-0.15, -0.1) is 0 Å². The molecule has 1 aliphatic rings. The van der Waals surface area contributed by atoms with Crippen LogP contribution in [-0.2, 0) is 7.05 Å². The topological polar surface area (TPSA) is 90.2 Å². The van der Waals surface area contributed by atoms with Crippen LogP contribution in [0.5, 0.6) is 0 Å². The molecular weight excluding hydrogens is 370 g/mol. The smallest absolute Gasteiger partial charge is 0.270 e. The predicted octanol–water partition coefficient (Wildman–Crippen LogP) is 2.73. The van der Waals surface area contributed by atoms with Crippen molar-refractivity contribution in [2.24, 2.45) is 18.2 Å². The monoisotopic (exact) mass is 393 g/mol. The maximum atomic E-state index is 12.9. The standard InChI is InChI=1S/C18H24ClN5OS/c1-18(11-20)6-8-24(9-7-18)17-22-15(21)14(16(25)23(17)2)26-13-5-3-4-12(19)10-13/h3-5,10H,6-9,11,20-21H2,1-2H3. The predicted molar refractivity (Wildman–Crippen MR) is 108 cm³/mol. The lowest BCUT2D eigenvalue weighted by molar-refractivity contribution is 0.256. The van der Waals surface area contributed by atoms with Gasteiger partial charge in [0.2, 0.25) is 5.95 Å². The third kappa shape index (κ3) is 3.84. The van der Waals surface area contributed by atoms with E-state index in [0.717, 1.165) is 30.8 Å². The number of hydrogen-bond donors (Lipinski definition) is 2. The summed E-state index contributed by atoms with van der Waals surface area (Å²) in [5.74, 6) is 0.863. The van der Waals surface area contributed by atoms with Crippen molar-refractivity contribution < 1.29 is 0 Å². The maximum absolute atomic E-state index is 12.9. The van der Waals surface area contributed by atoms with Crippen LogP contribution in [-0.4, -0.2) is 29.2 Å². The fourth-order valence-corrected chi connectivity index (χ4v) is 4.26. The molecule has 1 aliphatic heterocycles. The molecule has 1 fully saturated rings. The highest BCUT2D eigenvalue weighted by Gasteiger charge is 2.30. The minimum atomic E-state index is -0.148. The van der Waals surface area contributed by atoms with Crippen molar-refractivity contribution in [3.05, 3.63) is 39.6 Å². The molecule has 1 aromatic carbocycles. The number of rotatable bonds is 4. The summed E-state index contributed by atoms with van der Waals surface area (Å²) < 4.78 is 1.58. The van der Waals surface area contributed by atoms with Gasteiger partial charge in [-0.25, -0.2) is 0 Å². The van der Waals surface area contributed by atoms with Gasteiger partial charge in [0.15, 0.2) is 0 Å². The second-order valence-corrected chi connectivity index (χ2v) is 8.57. The van der Waals surface area contributed by atoms with Crippen LogP contribution in [0.25, 0.3) is 0 Å². The molecule has 0 aliphatic carbocycles. The number of anilines is 2. The Hall–Kier alpha value is -1.70. The first kappa shape index (κ1) is 19.1. The van der Waals surface area contributed by atoms with E-state index >= 15 is 0 Å². The Morgan fingerprint density at radius 1 is 1.35 bits per heavy atom. The third-order valence-electron chi connectivity index (χ3n) is 5.01. The number of nitrogens with two attached hydrogens (primary N) is 2. The van der Waals surface area contributed by atoms with Gasteiger partial charge in [-0.05, 0) is 43.0 Å². The van der Waals surface area contributed by atoms with Crippen LogP contribution >= 0.6 is 23.4 Å². The molecule has 0 amide bonds. The Morgan fingerprint density at radius 2 is 2.04 bits per heavy atom. The molecule has 8 heteroatoms. The summed E-state index contributed by atoms with van der Waals surface area (Å²) in [4.78, 5) is 20.8. The normalized spacial score (nSPS) is 16.7. The van der Waals surface area contributed by atoms with Gasteiger partial charge in [-0.1, -0.05) is 36.4 Å². The quantitative estimate of drug-likeness (QED) is 0.830. The molecule has 1 aromatic heterocycles. The van der Waals surface area contributed by atoms with E-state index in [4.69, 9.17) is 23.1 Å². The van der Waals surface area contributed by atoms with Crippen LogP contribution in [0.15, 0.2) is 38.9 Å². The lowest BCUT2D eigenvalue weighted by Gasteiger charge is -2.39. The number of hydrogen-bond acceptors (Lipinski definition) is 6. The second kappa shape index (κ2) is 7.50. The fraction of sp³-hybridized carbons (Fsp3) is 0.444. The van der Waals surface area contributed by atoms with E-state index in [-0.39, 0.29) is 16.8 Å². The van der Waals surface area contributed by atoms with E-state index in [1.165, 1.54) is 11.8 Å². The van der Waals surface area contributed by atoms with Crippen molar-refractivity contribution in [3.63, 3.8) is 0 Å². The van der Waals surface area contributed by atoms with Gasteiger partial charge in [0.25, 0.3) is 5.56 Å². The van der Waals surface area contributed by atoms with Crippen LogP contribution in [0.2, 0.25) is 5.02 Å². The van der Waals surface area contributed by atoms with Crippen molar-refractivity contribution in [2.75, 3.05) is 30.3 Å². The van der Waals surface area contributed by atoms with Gasteiger partial charge in [0, 0.05) is 30.1 Å². The van der Waals surface area contributed by atoms with Crippen molar-refractivity contribution in [2.45, 2.75) is 29.6 Å². The zero-order chi connectivity index (χ0) is 18.9. The van der Waals surface area contributed by atoms with Gasteiger partial charge in [-0.2, -0.15) is 4.98 Å². The third-order valence-corrected chi connectivity index (χ3v) is 6.33. The zero-order valence-electron chi connectivity index (χ0n) is 15.0. The average molecular weight is 394 g/mol. The molecule has 0 radical (unpaired) electrons. The minimum Gasteiger partial charge on any atom is -0.382 e. The highest BCUT2D eigenvalue weighted by Crippen LogP contribution is 2.33. The Kier molecular flexibility index (Phi) is 5.50. The first-order valence-electron chi connectivity index (χ1n) is 8.58. The molecule has 0 spiro atoms. The highest BCUT2D eigenvalue weighted by molar-refractivity contribution is 7.99. The van der Waals surface area contributed by atoms with E-state index < -0.39 is 0 Å². The molecule has 0 saturated carbocycles. The number of benzene rings is 1. The summed E-state index contributed by atoms with van der Waals surface area (Å²) in [5, 5.41) is 0.617. The van der Waals surface area contributed by atoms with Crippen molar-refractivity contribution >= 4 is 35.1 Å². The Bertz CT molecular complexity index is 861. The summed E-state index contributed by atoms with van der Waals surface area (Å²) in [6.45, 7) is 4.50. The van der Waals surface area contributed by atoms with Crippen molar-refractivity contribution in [1.29, 1.82) is 0 Å². The second-order valence-electron chi connectivity index (χ2n) is 7.05. The summed E-state index contributed by atoms with van der Waals surface area (Å²) in [6.07, 6.45) is 1.94. The van der Waals surface area contributed by atoms with Crippen molar-refractivity contribution in [1.82, 2.24) is 9.55 Å².